The standard InChI is InChI=1S/C10H12N4/c1-14(2)7-13-10-4-3-9(12)5-8(10)6-11/h3-5,7H,12H2,1-2H3. The summed E-state index contributed by atoms with van der Waals surface area (Å²) in [5.74, 6) is 0. The number of nitrogen functional groups attached to an aromatic ring is 1. The quantitative estimate of drug-likeness (QED) is 0.433. The lowest BCUT2D eigenvalue weighted by atomic mass is 10.2. The largest absolute Gasteiger partial charge is 0.399 e. The smallest absolute Gasteiger partial charge is 0.101 e. The first-order chi connectivity index (χ1) is 6.63. The predicted octanol–water partition coefficient (Wildman–Crippen LogP) is 1.36. The molecule has 1 aromatic rings. The summed E-state index contributed by atoms with van der Waals surface area (Å²) in [6.45, 7) is 0. The van der Waals surface area contributed by atoms with Crippen LogP contribution in [-0.4, -0.2) is 25.3 Å². The van der Waals surface area contributed by atoms with E-state index in [0.717, 1.165) is 0 Å². The van der Waals surface area contributed by atoms with Crippen LogP contribution < -0.4 is 5.73 Å². The Morgan fingerprint density at radius 3 is 2.79 bits per heavy atom. The molecule has 0 bridgehead atoms. The maximum Gasteiger partial charge on any atom is 0.101 e. The Balaban J connectivity index is 3.04. The van der Waals surface area contributed by atoms with Crippen LogP contribution in [0, 0.1) is 11.3 Å². The van der Waals surface area contributed by atoms with Crippen LogP contribution in [0.25, 0.3) is 0 Å². The monoisotopic (exact) mass is 188 g/mol. The van der Waals surface area contributed by atoms with E-state index in [1.165, 1.54) is 0 Å². The van der Waals surface area contributed by atoms with E-state index < -0.39 is 0 Å². The van der Waals surface area contributed by atoms with Crippen LogP contribution in [0.1, 0.15) is 5.56 Å². The van der Waals surface area contributed by atoms with Gasteiger partial charge in [0.15, 0.2) is 0 Å². The normalized spacial score (nSPS) is 10.1. The SMILES string of the molecule is CN(C)C=Nc1ccc(N)cc1C#N. The average Bonchev–Trinajstić information content (AvgIpc) is 2.15. The van der Waals surface area contributed by atoms with Crippen molar-refractivity contribution in [1.82, 2.24) is 4.90 Å². The number of nitrogens with zero attached hydrogens (tertiary/aromatic N) is 3. The van der Waals surface area contributed by atoms with E-state index in [1.54, 1.807) is 29.4 Å². The number of hydrogen-bond acceptors (Lipinski definition) is 3. The summed E-state index contributed by atoms with van der Waals surface area (Å²) in [6.07, 6.45) is 1.65. The fourth-order valence-corrected chi connectivity index (χ4v) is 0.933. The highest BCUT2D eigenvalue weighted by molar-refractivity contribution is 5.67. The molecule has 14 heavy (non-hydrogen) atoms. The van der Waals surface area contributed by atoms with E-state index in [-0.39, 0.29) is 0 Å². The zero-order valence-corrected chi connectivity index (χ0v) is 8.23. The maximum absolute atomic E-state index is 8.82. The Kier molecular flexibility index (Phi) is 3.08. The summed E-state index contributed by atoms with van der Waals surface area (Å²) < 4.78 is 0. The number of hydrogen-bond donors (Lipinski definition) is 1. The fraction of sp³-hybridized carbons (Fsp3) is 0.200. The Morgan fingerprint density at radius 2 is 2.21 bits per heavy atom. The molecule has 0 atom stereocenters. The van der Waals surface area contributed by atoms with Gasteiger partial charge in [0.1, 0.15) is 6.07 Å². The van der Waals surface area contributed by atoms with E-state index in [9.17, 15) is 0 Å². The lowest BCUT2D eigenvalue weighted by Gasteiger charge is -2.03. The van der Waals surface area contributed by atoms with Gasteiger partial charge in [-0.25, -0.2) is 4.99 Å². The number of rotatable bonds is 2. The molecule has 2 N–H and O–H groups in total. The van der Waals surface area contributed by atoms with Gasteiger partial charge in [-0.1, -0.05) is 0 Å². The second kappa shape index (κ2) is 4.28. The van der Waals surface area contributed by atoms with Gasteiger partial charge in [0.25, 0.3) is 0 Å². The molecule has 0 fully saturated rings. The van der Waals surface area contributed by atoms with Crippen LogP contribution in [0.3, 0.4) is 0 Å². The topological polar surface area (TPSA) is 65.4 Å². The molecule has 0 saturated carbocycles. The molecule has 0 unspecified atom stereocenters. The van der Waals surface area contributed by atoms with Crippen molar-refractivity contribution < 1.29 is 0 Å². The molecule has 1 aromatic carbocycles. The van der Waals surface area contributed by atoms with Gasteiger partial charge < -0.3 is 10.6 Å². The van der Waals surface area contributed by atoms with Crippen molar-refractivity contribution >= 4 is 17.7 Å². The number of anilines is 1. The number of nitrogens with two attached hydrogens (primary N) is 1. The van der Waals surface area contributed by atoms with E-state index in [4.69, 9.17) is 11.0 Å². The molecule has 0 heterocycles. The zero-order valence-electron chi connectivity index (χ0n) is 8.23. The van der Waals surface area contributed by atoms with Crippen LogP contribution in [0.2, 0.25) is 0 Å². The van der Waals surface area contributed by atoms with Crippen LogP contribution in [0.4, 0.5) is 11.4 Å². The molecule has 0 radical (unpaired) electrons. The summed E-state index contributed by atoms with van der Waals surface area (Å²) in [7, 11) is 3.74. The second-order valence-electron chi connectivity index (χ2n) is 3.10. The fourth-order valence-electron chi connectivity index (χ4n) is 0.933. The molecule has 0 spiro atoms. The molecule has 0 aromatic heterocycles. The predicted molar refractivity (Wildman–Crippen MR) is 57.4 cm³/mol. The lowest BCUT2D eigenvalue weighted by molar-refractivity contribution is 0.643. The van der Waals surface area contributed by atoms with E-state index in [1.807, 2.05) is 20.2 Å². The first-order valence-corrected chi connectivity index (χ1v) is 4.13. The molecule has 4 nitrogen and oxygen atoms in total. The van der Waals surface area contributed by atoms with Gasteiger partial charge in [0.2, 0.25) is 0 Å². The molecule has 0 aliphatic heterocycles. The van der Waals surface area contributed by atoms with Gasteiger partial charge >= 0.3 is 0 Å². The Hall–Kier alpha value is -2.02. The summed E-state index contributed by atoms with van der Waals surface area (Å²) >= 11 is 0. The van der Waals surface area contributed by atoms with Crippen molar-refractivity contribution in [1.29, 1.82) is 5.26 Å². The van der Waals surface area contributed by atoms with Crippen LogP contribution >= 0.6 is 0 Å². The summed E-state index contributed by atoms with van der Waals surface area (Å²) in [6, 6.07) is 7.12. The molecule has 0 aliphatic carbocycles. The van der Waals surface area contributed by atoms with Crippen LogP contribution in [0.15, 0.2) is 23.2 Å². The molecule has 4 heteroatoms. The van der Waals surface area contributed by atoms with Gasteiger partial charge in [0.05, 0.1) is 17.6 Å². The highest BCUT2D eigenvalue weighted by Gasteiger charge is 1.99. The first kappa shape index (κ1) is 10.1. The Bertz CT molecular complexity index is 388. The third kappa shape index (κ3) is 2.49. The minimum Gasteiger partial charge on any atom is -0.399 e. The molecule has 0 aliphatic rings. The molecular weight excluding hydrogens is 176 g/mol. The van der Waals surface area contributed by atoms with Crippen molar-refractivity contribution in [2.75, 3.05) is 19.8 Å². The number of nitriles is 1. The minimum atomic E-state index is 0.489. The summed E-state index contributed by atoms with van der Waals surface area (Å²) in [5.41, 5.74) is 7.24. The van der Waals surface area contributed by atoms with Gasteiger partial charge in [-0.3, -0.25) is 0 Å². The number of benzene rings is 1. The molecule has 0 amide bonds. The zero-order chi connectivity index (χ0) is 10.6. The Morgan fingerprint density at radius 1 is 1.50 bits per heavy atom. The van der Waals surface area contributed by atoms with Gasteiger partial charge in [0, 0.05) is 19.8 Å². The minimum absolute atomic E-state index is 0.489. The van der Waals surface area contributed by atoms with Gasteiger partial charge in [-0.15, -0.1) is 0 Å². The molecule has 0 saturated heterocycles. The molecule has 72 valence electrons. The first-order valence-electron chi connectivity index (χ1n) is 4.13. The third-order valence-corrected chi connectivity index (χ3v) is 1.57. The van der Waals surface area contributed by atoms with Crippen molar-refractivity contribution in [3.8, 4) is 6.07 Å². The molecular formula is C10H12N4. The van der Waals surface area contributed by atoms with Crippen LogP contribution in [0.5, 0.6) is 0 Å². The maximum atomic E-state index is 8.82. The van der Waals surface area contributed by atoms with Gasteiger partial charge in [-0.2, -0.15) is 5.26 Å². The van der Waals surface area contributed by atoms with Gasteiger partial charge in [-0.05, 0) is 18.2 Å². The van der Waals surface area contributed by atoms with E-state index in [2.05, 4.69) is 4.99 Å². The van der Waals surface area contributed by atoms with Crippen molar-refractivity contribution in [2.45, 2.75) is 0 Å². The van der Waals surface area contributed by atoms with E-state index >= 15 is 0 Å². The van der Waals surface area contributed by atoms with Crippen molar-refractivity contribution in [3.05, 3.63) is 23.8 Å². The number of aliphatic imine (C=N–C) groups is 1. The van der Waals surface area contributed by atoms with Crippen molar-refractivity contribution in [3.63, 3.8) is 0 Å². The molecule has 1 rings (SSSR count). The summed E-state index contributed by atoms with van der Waals surface area (Å²) in [5, 5.41) is 8.82. The average molecular weight is 188 g/mol. The highest BCUT2D eigenvalue weighted by atomic mass is 15.1. The Labute approximate surface area is 83.3 Å². The lowest BCUT2D eigenvalue weighted by Crippen LogP contribution is -2.07. The summed E-state index contributed by atoms with van der Waals surface area (Å²) in [4.78, 5) is 5.94. The second-order valence-corrected chi connectivity index (χ2v) is 3.10. The highest BCUT2D eigenvalue weighted by Crippen LogP contribution is 2.20. The van der Waals surface area contributed by atoms with E-state index in [0.29, 0.717) is 16.9 Å². The van der Waals surface area contributed by atoms with Crippen LogP contribution in [-0.2, 0) is 0 Å². The van der Waals surface area contributed by atoms with Crippen molar-refractivity contribution in [2.24, 2.45) is 4.99 Å². The third-order valence-electron chi connectivity index (χ3n) is 1.57.